The summed E-state index contributed by atoms with van der Waals surface area (Å²) in [5, 5.41) is 18.6. The molecule has 6 nitrogen and oxygen atoms in total. The summed E-state index contributed by atoms with van der Waals surface area (Å²) < 4.78 is 5.26. The highest BCUT2D eigenvalue weighted by Crippen LogP contribution is 2.23. The van der Waals surface area contributed by atoms with Crippen LogP contribution in [0.4, 0.5) is 0 Å². The Morgan fingerprint density at radius 1 is 1.44 bits per heavy atom. The van der Waals surface area contributed by atoms with Gasteiger partial charge in [0.25, 0.3) is 5.91 Å². The van der Waals surface area contributed by atoms with Gasteiger partial charge in [-0.25, -0.2) is 4.79 Å². The standard InChI is InChI=1S/C12H15NO5/c1-6-3-9(7(2)18-6)11(15)13-5-8(14)4-10(13)12(16)17/h3,8,10,14H,4-5H2,1-2H3,(H,16,17)/t8?,10-/m0/s1. The van der Waals surface area contributed by atoms with E-state index >= 15 is 0 Å². The van der Waals surface area contributed by atoms with Crippen LogP contribution in [0.25, 0.3) is 0 Å². The number of carbonyl (C=O) groups excluding carboxylic acids is 1. The lowest BCUT2D eigenvalue weighted by atomic mass is 10.2. The number of rotatable bonds is 2. The molecule has 1 fully saturated rings. The number of hydrogen-bond acceptors (Lipinski definition) is 4. The van der Waals surface area contributed by atoms with Crippen molar-refractivity contribution in [2.24, 2.45) is 0 Å². The Kier molecular flexibility index (Phi) is 3.13. The van der Waals surface area contributed by atoms with Gasteiger partial charge in [-0.2, -0.15) is 0 Å². The van der Waals surface area contributed by atoms with E-state index in [0.717, 1.165) is 0 Å². The third kappa shape index (κ3) is 2.11. The Balaban J connectivity index is 2.28. The maximum atomic E-state index is 12.2. The SMILES string of the molecule is Cc1cc(C(=O)N2CC(O)C[C@H]2C(=O)O)c(C)o1. The van der Waals surface area contributed by atoms with Crippen LogP contribution in [-0.4, -0.2) is 45.7 Å². The van der Waals surface area contributed by atoms with Crippen LogP contribution < -0.4 is 0 Å². The normalized spacial score (nSPS) is 23.4. The van der Waals surface area contributed by atoms with Gasteiger partial charge in [0.1, 0.15) is 17.6 Å². The average Bonchev–Trinajstić information content (AvgIpc) is 2.81. The van der Waals surface area contributed by atoms with Gasteiger partial charge < -0.3 is 19.5 Å². The molecule has 1 aromatic rings. The third-order valence-electron chi connectivity index (χ3n) is 3.10. The molecule has 2 rings (SSSR count). The van der Waals surface area contributed by atoms with E-state index in [0.29, 0.717) is 17.1 Å². The molecule has 6 heteroatoms. The first-order valence-electron chi connectivity index (χ1n) is 5.69. The number of nitrogens with zero attached hydrogens (tertiary/aromatic N) is 1. The molecule has 0 aliphatic carbocycles. The number of amides is 1. The number of hydrogen-bond donors (Lipinski definition) is 2. The first-order chi connectivity index (χ1) is 8.40. The Bertz CT molecular complexity index is 493. The fourth-order valence-corrected chi connectivity index (χ4v) is 2.27. The number of likely N-dealkylation sites (tertiary alicyclic amines) is 1. The van der Waals surface area contributed by atoms with Gasteiger partial charge in [0.15, 0.2) is 0 Å². The van der Waals surface area contributed by atoms with Gasteiger partial charge in [-0.3, -0.25) is 4.79 Å². The molecule has 2 heterocycles. The van der Waals surface area contributed by atoms with Crippen LogP contribution in [0.1, 0.15) is 28.3 Å². The molecule has 0 aromatic carbocycles. The Hall–Kier alpha value is -1.82. The number of carboxylic acid groups (broad SMARTS) is 1. The van der Waals surface area contributed by atoms with Crippen LogP contribution in [0.5, 0.6) is 0 Å². The highest BCUT2D eigenvalue weighted by atomic mass is 16.4. The second-order valence-electron chi connectivity index (χ2n) is 4.53. The minimum Gasteiger partial charge on any atom is -0.480 e. The Labute approximate surface area is 104 Å². The monoisotopic (exact) mass is 253 g/mol. The molecule has 2 N–H and O–H groups in total. The summed E-state index contributed by atoms with van der Waals surface area (Å²) in [6.45, 7) is 3.42. The predicted molar refractivity (Wildman–Crippen MR) is 61.3 cm³/mol. The summed E-state index contributed by atoms with van der Waals surface area (Å²) in [5.41, 5.74) is 0.354. The molecule has 1 aliphatic heterocycles. The Morgan fingerprint density at radius 2 is 2.11 bits per heavy atom. The third-order valence-corrected chi connectivity index (χ3v) is 3.10. The molecule has 1 amide bonds. The molecular formula is C12H15NO5. The van der Waals surface area contributed by atoms with Crippen molar-refractivity contribution < 1.29 is 24.2 Å². The van der Waals surface area contributed by atoms with Gasteiger partial charge in [-0.05, 0) is 19.9 Å². The lowest BCUT2D eigenvalue weighted by Gasteiger charge is -2.20. The van der Waals surface area contributed by atoms with Crippen molar-refractivity contribution in [1.82, 2.24) is 4.90 Å². The number of aliphatic hydroxyl groups excluding tert-OH is 1. The van der Waals surface area contributed by atoms with E-state index < -0.39 is 24.0 Å². The highest BCUT2D eigenvalue weighted by Gasteiger charge is 2.40. The number of carboxylic acids is 1. The smallest absolute Gasteiger partial charge is 0.326 e. The van der Waals surface area contributed by atoms with Crippen molar-refractivity contribution in [2.45, 2.75) is 32.4 Å². The van der Waals surface area contributed by atoms with Crippen LogP contribution in [0.15, 0.2) is 10.5 Å². The topological polar surface area (TPSA) is 91.0 Å². The predicted octanol–water partition coefficient (Wildman–Crippen LogP) is 0.556. The Morgan fingerprint density at radius 3 is 2.61 bits per heavy atom. The number of β-amino-alcohol motifs (C(OH)–C–C–N with tert-alkyl or cyclic N) is 1. The van der Waals surface area contributed by atoms with Gasteiger partial charge in [0, 0.05) is 13.0 Å². The van der Waals surface area contributed by atoms with Crippen LogP contribution in [0, 0.1) is 13.8 Å². The fourth-order valence-electron chi connectivity index (χ4n) is 2.27. The molecule has 2 atom stereocenters. The summed E-state index contributed by atoms with van der Waals surface area (Å²) in [7, 11) is 0. The zero-order valence-electron chi connectivity index (χ0n) is 10.2. The second-order valence-corrected chi connectivity index (χ2v) is 4.53. The van der Waals surface area contributed by atoms with Gasteiger partial charge >= 0.3 is 5.97 Å². The zero-order chi connectivity index (χ0) is 13.4. The molecule has 0 bridgehead atoms. The van der Waals surface area contributed by atoms with Gasteiger partial charge in [0.05, 0.1) is 11.7 Å². The summed E-state index contributed by atoms with van der Waals surface area (Å²) in [5.74, 6) is -0.448. The fraction of sp³-hybridized carbons (Fsp3) is 0.500. The lowest BCUT2D eigenvalue weighted by molar-refractivity contribution is -0.141. The molecule has 98 valence electrons. The van der Waals surface area contributed by atoms with E-state index in [1.807, 2.05) is 0 Å². The van der Waals surface area contributed by atoms with Crippen molar-refractivity contribution >= 4 is 11.9 Å². The lowest BCUT2D eigenvalue weighted by Crippen LogP contribution is -2.40. The second kappa shape index (κ2) is 4.45. The minimum absolute atomic E-state index is 0.0411. The summed E-state index contributed by atoms with van der Waals surface area (Å²) >= 11 is 0. The number of carbonyl (C=O) groups is 2. The zero-order valence-corrected chi connectivity index (χ0v) is 10.2. The molecule has 1 saturated heterocycles. The summed E-state index contributed by atoms with van der Waals surface area (Å²) in [6.07, 6.45) is -0.722. The van der Waals surface area contributed by atoms with Gasteiger partial charge in [0.2, 0.25) is 0 Å². The van der Waals surface area contributed by atoms with Crippen LogP contribution in [-0.2, 0) is 4.79 Å². The number of aliphatic hydroxyl groups is 1. The maximum absolute atomic E-state index is 12.2. The van der Waals surface area contributed by atoms with E-state index in [1.54, 1.807) is 19.9 Å². The molecular weight excluding hydrogens is 238 g/mol. The van der Waals surface area contributed by atoms with Crippen molar-refractivity contribution in [1.29, 1.82) is 0 Å². The van der Waals surface area contributed by atoms with Crippen molar-refractivity contribution in [2.75, 3.05) is 6.54 Å². The van der Waals surface area contributed by atoms with Crippen LogP contribution in [0.2, 0.25) is 0 Å². The van der Waals surface area contributed by atoms with E-state index in [1.165, 1.54) is 4.90 Å². The molecule has 0 spiro atoms. The maximum Gasteiger partial charge on any atom is 0.326 e. The molecule has 18 heavy (non-hydrogen) atoms. The van der Waals surface area contributed by atoms with E-state index in [9.17, 15) is 14.7 Å². The van der Waals surface area contributed by atoms with Crippen molar-refractivity contribution in [3.8, 4) is 0 Å². The number of aliphatic carboxylic acids is 1. The molecule has 1 aromatic heterocycles. The largest absolute Gasteiger partial charge is 0.480 e. The highest BCUT2D eigenvalue weighted by molar-refractivity contribution is 5.98. The van der Waals surface area contributed by atoms with E-state index in [2.05, 4.69) is 0 Å². The quantitative estimate of drug-likeness (QED) is 0.803. The van der Waals surface area contributed by atoms with Crippen LogP contribution in [0.3, 0.4) is 0 Å². The van der Waals surface area contributed by atoms with E-state index in [-0.39, 0.29) is 13.0 Å². The van der Waals surface area contributed by atoms with Crippen molar-refractivity contribution in [3.63, 3.8) is 0 Å². The molecule has 0 saturated carbocycles. The number of furan rings is 1. The summed E-state index contributed by atoms with van der Waals surface area (Å²) in [4.78, 5) is 24.5. The molecule has 0 radical (unpaired) electrons. The first kappa shape index (κ1) is 12.6. The van der Waals surface area contributed by atoms with Gasteiger partial charge in [-0.1, -0.05) is 0 Å². The summed E-state index contributed by atoms with van der Waals surface area (Å²) in [6, 6.07) is 0.614. The molecule has 1 aliphatic rings. The average molecular weight is 253 g/mol. The first-order valence-corrected chi connectivity index (χ1v) is 5.69. The van der Waals surface area contributed by atoms with Gasteiger partial charge in [-0.15, -0.1) is 0 Å². The van der Waals surface area contributed by atoms with Crippen LogP contribution >= 0.6 is 0 Å². The number of aryl methyl sites for hydroxylation is 2. The van der Waals surface area contributed by atoms with Crippen molar-refractivity contribution in [3.05, 3.63) is 23.2 Å². The molecule has 1 unspecified atom stereocenters. The minimum atomic E-state index is -1.10. The van der Waals surface area contributed by atoms with E-state index in [4.69, 9.17) is 9.52 Å².